The van der Waals surface area contributed by atoms with E-state index in [4.69, 9.17) is 11.5 Å². The number of rotatable bonds is 4. The summed E-state index contributed by atoms with van der Waals surface area (Å²) < 4.78 is 26.3. The van der Waals surface area contributed by atoms with E-state index in [1.165, 1.54) is 0 Å². The highest BCUT2D eigenvalue weighted by Crippen LogP contribution is 2.24. The Kier molecular flexibility index (Phi) is 4.17. The van der Waals surface area contributed by atoms with Crippen molar-refractivity contribution in [3.05, 3.63) is 35.4 Å². The van der Waals surface area contributed by atoms with Crippen molar-refractivity contribution in [3.8, 4) is 0 Å². The van der Waals surface area contributed by atoms with E-state index in [9.17, 15) is 8.78 Å². The second-order valence-corrected chi connectivity index (χ2v) is 3.60. The maximum Gasteiger partial charge on any atom is 0.128 e. The first-order valence-electron chi connectivity index (χ1n) is 5.00. The number of nitrogens with two attached hydrogens (primary N) is 2. The van der Waals surface area contributed by atoms with E-state index < -0.39 is 17.7 Å². The zero-order chi connectivity index (χ0) is 11.4. The lowest BCUT2D eigenvalue weighted by Crippen LogP contribution is -2.28. The van der Waals surface area contributed by atoms with Gasteiger partial charge >= 0.3 is 0 Å². The normalized spacial score (nSPS) is 15.0. The molecule has 0 fully saturated rings. The van der Waals surface area contributed by atoms with E-state index in [-0.39, 0.29) is 11.5 Å². The molecular formula is C11H16F2N2. The molecule has 0 aromatic heterocycles. The van der Waals surface area contributed by atoms with Crippen LogP contribution >= 0.6 is 0 Å². The minimum Gasteiger partial charge on any atom is -0.330 e. The number of benzene rings is 1. The van der Waals surface area contributed by atoms with Gasteiger partial charge in [-0.1, -0.05) is 13.3 Å². The molecule has 2 nitrogen and oxygen atoms in total. The molecule has 0 aliphatic rings. The monoisotopic (exact) mass is 214 g/mol. The first-order chi connectivity index (χ1) is 7.10. The summed E-state index contributed by atoms with van der Waals surface area (Å²) in [6.07, 6.45) is 0.744. The van der Waals surface area contributed by atoms with Gasteiger partial charge in [-0.25, -0.2) is 8.78 Å². The van der Waals surface area contributed by atoms with E-state index in [0.29, 0.717) is 6.54 Å². The maximum absolute atomic E-state index is 13.4. The fourth-order valence-corrected chi connectivity index (χ4v) is 1.59. The van der Waals surface area contributed by atoms with Gasteiger partial charge in [0, 0.05) is 11.6 Å². The van der Waals surface area contributed by atoms with Crippen molar-refractivity contribution < 1.29 is 8.78 Å². The molecule has 1 aromatic carbocycles. The van der Waals surface area contributed by atoms with Crippen molar-refractivity contribution >= 4 is 0 Å². The van der Waals surface area contributed by atoms with Crippen molar-refractivity contribution in [2.75, 3.05) is 6.54 Å². The fraction of sp³-hybridized carbons (Fsp3) is 0.455. The molecule has 0 amide bonds. The molecular weight excluding hydrogens is 198 g/mol. The minimum absolute atomic E-state index is 0.0266. The molecule has 0 heterocycles. The van der Waals surface area contributed by atoms with Gasteiger partial charge in [-0.15, -0.1) is 0 Å². The predicted molar refractivity (Wildman–Crippen MR) is 56.1 cm³/mol. The molecule has 1 rings (SSSR count). The Morgan fingerprint density at radius 3 is 2.53 bits per heavy atom. The third-order valence-corrected chi connectivity index (χ3v) is 2.65. The molecule has 1 aromatic rings. The molecule has 4 N–H and O–H groups in total. The first-order valence-corrected chi connectivity index (χ1v) is 5.00. The van der Waals surface area contributed by atoms with Gasteiger partial charge in [0.25, 0.3) is 0 Å². The highest BCUT2D eigenvalue weighted by atomic mass is 19.1. The Morgan fingerprint density at radius 2 is 2.00 bits per heavy atom. The second-order valence-electron chi connectivity index (χ2n) is 3.60. The van der Waals surface area contributed by atoms with E-state index in [0.717, 1.165) is 24.6 Å². The Hall–Kier alpha value is -1.00. The summed E-state index contributed by atoms with van der Waals surface area (Å²) in [5, 5.41) is 0. The molecule has 15 heavy (non-hydrogen) atoms. The van der Waals surface area contributed by atoms with Crippen LogP contribution in [-0.4, -0.2) is 6.54 Å². The summed E-state index contributed by atoms with van der Waals surface area (Å²) in [6.45, 7) is 2.29. The molecule has 4 heteroatoms. The molecule has 2 unspecified atom stereocenters. The van der Waals surface area contributed by atoms with Gasteiger partial charge in [0.05, 0.1) is 0 Å². The van der Waals surface area contributed by atoms with Crippen LogP contribution in [0, 0.1) is 17.6 Å². The van der Waals surface area contributed by atoms with Gasteiger partial charge in [-0.2, -0.15) is 0 Å². The quantitative estimate of drug-likeness (QED) is 0.804. The molecule has 0 bridgehead atoms. The number of halogens is 2. The lowest BCUT2D eigenvalue weighted by molar-refractivity contribution is 0.412. The van der Waals surface area contributed by atoms with Gasteiger partial charge in [0.1, 0.15) is 11.6 Å². The first kappa shape index (κ1) is 12.1. The van der Waals surface area contributed by atoms with Crippen LogP contribution < -0.4 is 11.5 Å². The van der Waals surface area contributed by atoms with E-state index in [1.807, 2.05) is 6.92 Å². The molecule has 0 spiro atoms. The minimum atomic E-state index is -0.546. The predicted octanol–water partition coefficient (Wildman–Crippen LogP) is 1.95. The van der Waals surface area contributed by atoms with Gasteiger partial charge in [0.15, 0.2) is 0 Å². The molecule has 0 saturated carbocycles. The van der Waals surface area contributed by atoms with Crippen LogP contribution in [0.2, 0.25) is 0 Å². The van der Waals surface area contributed by atoms with Crippen molar-refractivity contribution in [3.63, 3.8) is 0 Å². The molecule has 0 aliphatic carbocycles. The van der Waals surface area contributed by atoms with Crippen LogP contribution in [0.25, 0.3) is 0 Å². The van der Waals surface area contributed by atoms with Crippen LogP contribution in [0.15, 0.2) is 18.2 Å². The van der Waals surface area contributed by atoms with Crippen LogP contribution in [-0.2, 0) is 0 Å². The van der Waals surface area contributed by atoms with Crippen molar-refractivity contribution in [1.82, 2.24) is 0 Å². The number of hydrogen-bond donors (Lipinski definition) is 2. The summed E-state index contributed by atoms with van der Waals surface area (Å²) in [4.78, 5) is 0. The molecule has 84 valence electrons. The molecule has 0 radical (unpaired) electrons. The van der Waals surface area contributed by atoms with Crippen LogP contribution in [0.5, 0.6) is 0 Å². The lowest BCUT2D eigenvalue weighted by atomic mass is 9.91. The molecule has 0 saturated heterocycles. The summed E-state index contributed by atoms with van der Waals surface area (Å²) >= 11 is 0. The maximum atomic E-state index is 13.4. The van der Waals surface area contributed by atoms with Gasteiger partial charge < -0.3 is 11.5 Å². The van der Waals surface area contributed by atoms with Crippen molar-refractivity contribution in [2.24, 2.45) is 17.4 Å². The number of hydrogen-bond acceptors (Lipinski definition) is 2. The van der Waals surface area contributed by atoms with E-state index >= 15 is 0 Å². The summed E-state index contributed by atoms with van der Waals surface area (Å²) in [5.74, 6) is -0.981. The Bertz CT molecular complexity index is 324. The van der Waals surface area contributed by atoms with E-state index in [1.54, 1.807) is 0 Å². The SMILES string of the molecule is CCC(CN)C(N)c1cc(F)ccc1F. The lowest BCUT2D eigenvalue weighted by Gasteiger charge is -2.21. The van der Waals surface area contributed by atoms with Gasteiger partial charge in [-0.05, 0) is 30.7 Å². The van der Waals surface area contributed by atoms with Crippen LogP contribution in [0.4, 0.5) is 8.78 Å². The average Bonchev–Trinajstić information content (AvgIpc) is 2.23. The zero-order valence-electron chi connectivity index (χ0n) is 8.71. The summed E-state index contributed by atoms with van der Waals surface area (Å²) in [7, 11) is 0. The van der Waals surface area contributed by atoms with Crippen molar-refractivity contribution in [2.45, 2.75) is 19.4 Å². The van der Waals surface area contributed by atoms with Gasteiger partial charge in [0.2, 0.25) is 0 Å². The highest BCUT2D eigenvalue weighted by molar-refractivity contribution is 5.22. The smallest absolute Gasteiger partial charge is 0.128 e. The highest BCUT2D eigenvalue weighted by Gasteiger charge is 2.19. The third kappa shape index (κ3) is 2.73. The third-order valence-electron chi connectivity index (χ3n) is 2.65. The Balaban J connectivity index is 2.98. The van der Waals surface area contributed by atoms with Crippen molar-refractivity contribution in [1.29, 1.82) is 0 Å². The van der Waals surface area contributed by atoms with E-state index in [2.05, 4.69) is 0 Å². The molecule has 2 atom stereocenters. The Morgan fingerprint density at radius 1 is 1.33 bits per heavy atom. The zero-order valence-corrected chi connectivity index (χ0v) is 8.71. The average molecular weight is 214 g/mol. The largest absolute Gasteiger partial charge is 0.330 e. The standard InChI is InChI=1S/C11H16F2N2/c1-2-7(6-14)11(15)9-5-8(12)3-4-10(9)13/h3-5,7,11H,2,6,14-15H2,1H3. The Labute approximate surface area is 88.3 Å². The molecule has 0 aliphatic heterocycles. The fourth-order valence-electron chi connectivity index (χ4n) is 1.59. The second kappa shape index (κ2) is 5.19. The van der Waals surface area contributed by atoms with Crippen LogP contribution in [0.3, 0.4) is 0 Å². The van der Waals surface area contributed by atoms with Gasteiger partial charge in [-0.3, -0.25) is 0 Å². The summed E-state index contributed by atoms with van der Waals surface area (Å²) in [5.41, 5.74) is 11.6. The van der Waals surface area contributed by atoms with Crippen LogP contribution in [0.1, 0.15) is 24.9 Å². The summed E-state index contributed by atoms with van der Waals surface area (Å²) in [6, 6.07) is 2.76. The topological polar surface area (TPSA) is 52.0 Å².